The van der Waals surface area contributed by atoms with Crippen LogP contribution in [0.15, 0.2) is 73.3 Å². The first-order chi connectivity index (χ1) is 27.4. The summed E-state index contributed by atoms with van der Waals surface area (Å²) >= 11 is 0. The highest BCUT2D eigenvalue weighted by atomic mass is 16.5. The summed E-state index contributed by atoms with van der Waals surface area (Å²) in [5, 5.41) is 16.8. The quantitative estimate of drug-likeness (QED) is 0.157. The van der Waals surface area contributed by atoms with E-state index in [0.717, 1.165) is 85.7 Å². The van der Waals surface area contributed by atoms with Crippen molar-refractivity contribution in [1.82, 2.24) is 39.2 Å². The molecule has 2 saturated carbocycles. The number of rotatable bonds is 10. The summed E-state index contributed by atoms with van der Waals surface area (Å²) < 4.78 is 12.4. The number of carbonyl (C=O) groups excluding carboxylic acids is 3. The minimum atomic E-state index is -0.345. The van der Waals surface area contributed by atoms with Gasteiger partial charge < -0.3 is 19.5 Å². The van der Waals surface area contributed by atoms with Gasteiger partial charge in [-0.25, -0.2) is 9.78 Å². The third kappa shape index (κ3) is 6.76. The van der Waals surface area contributed by atoms with Gasteiger partial charge in [0.1, 0.15) is 5.75 Å². The molecular weight excluding hydrogens is 709 g/mol. The van der Waals surface area contributed by atoms with E-state index in [9.17, 15) is 14.4 Å². The van der Waals surface area contributed by atoms with E-state index in [0.29, 0.717) is 53.7 Å². The summed E-state index contributed by atoms with van der Waals surface area (Å²) in [6, 6.07) is 16.2. The summed E-state index contributed by atoms with van der Waals surface area (Å²) in [5.41, 5.74) is 4.00. The number of piperidine rings is 1. The summed E-state index contributed by atoms with van der Waals surface area (Å²) in [6.07, 6.45) is 18.0. The predicted molar refractivity (Wildman–Crippen MR) is 212 cm³/mol. The molecule has 10 rings (SSSR count). The fourth-order valence-corrected chi connectivity index (χ4v) is 9.00. The summed E-state index contributed by atoms with van der Waals surface area (Å²) in [6.45, 7) is 3.70. The molecule has 288 valence electrons. The third-order valence-electron chi connectivity index (χ3n) is 12.3. The highest BCUT2D eigenvalue weighted by Gasteiger charge is 2.30. The lowest BCUT2D eigenvalue weighted by molar-refractivity contribution is -0.120. The number of fused-ring (bicyclic) bond motifs is 3. The van der Waals surface area contributed by atoms with E-state index in [1.807, 2.05) is 36.4 Å². The fraction of sp³-hybridized carbons (Fsp3) is 0.429. The average Bonchev–Trinajstić information content (AvgIpc) is 3.57. The third-order valence-corrected chi connectivity index (χ3v) is 12.3. The lowest BCUT2D eigenvalue weighted by Crippen LogP contribution is -2.49. The van der Waals surface area contributed by atoms with Gasteiger partial charge in [0.2, 0.25) is 5.91 Å². The highest BCUT2D eigenvalue weighted by molar-refractivity contribution is 6.10. The molecule has 2 aliphatic heterocycles. The predicted octanol–water partition coefficient (Wildman–Crippen LogP) is 6.73. The van der Waals surface area contributed by atoms with E-state index in [1.54, 1.807) is 21.8 Å². The molecule has 4 fully saturated rings. The second-order valence-corrected chi connectivity index (χ2v) is 15.9. The zero-order valence-corrected chi connectivity index (χ0v) is 31.3. The Labute approximate surface area is 323 Å². The number of urea groups is 1. The van der Waals surface area contributed by atoms with Crippen LogP contribution in [0.1, 0.15) is 86.6 Å². The van der Waals surface area contributed by atoms with E-state index in [-0.39, 0.29) is 23.9 Å². The van der Waals surface area contributed by atoms with Gasteiger partial charge >= 0.3 is 6.03 Å². The molecule has 6 aromatic rings. The van der Waals surface area contributed by atoms with Crippen molar-refractivity contribution < 1.29 is 19.1 Å². The summed E-state index contributed by atoms with van der Waals surface area (Å²) in [4.78, 5) is 46.6. The maximum Gasteiger partial charge on any atom is 0.328 e. The van der Waals surface area contributed by atoms with Crippen molar-refractivity contribution in [3.8, 4) is 5.75 Å². The molecule has 4 amide bonds. The molecule has 14 nitrogen and oxygen atoms in total. The fourth-order valence-electron chi connectivity index (χ4n) is 9.00. The number of carbonyl (C=O) groups is 3. The lowest BCUT2D eigenvalue weighted by atomic mass is 9.84. The minimum Gasteiger partial charge on any atom is -0.490 e. The first kappa shape index (κ1) is 34.7. The second kappa shape index (κ2) is 14.4. The number of nitrogens with zero attached hydrogens (tertiary/aromatic N) is 8. The van der Waals surface area contributed by atoms with Crippen molar-refractivity contribution >= 4 is 56.8 Å². The average molecular weight is 755 g/mol. The number of anilines is 2. The molecule has 6 heterocycles. The van der Waals surface area contributed by atoms with Gasteiger partial charge in [0.15, 0.2) is 11.5 Å². The van der Waals surface area contributed by atoms with Crippen molar-refractivity contribution in [2.24, 2.45) is 5.92 Å². The Morgan fingerprint density at radius 3 is 2.61 bits per heavy atom. The van der Waals surface area contributed by atoms with Crippen LogP contribution < -0.4 is 20.3 Å². The molecule has 14 heteroatoms. The molecule has 2 aromatic carbocycles. The Kier molecular flexibility index (Phi) is 8.92. The van der Waals surface area contributed by atoms with E-state index in [1.165, 1.54) is 19.3 Å². The van der Waals surface area contributed by atoms with E-state index >= 15 is 0 Å². The number of hydrogen-bond acceptors (Lipinski definition) is 8. The van der Waals surface area contributed by atoms with Crippen LogP contribution >= 0.6 is 0 Å². The highest BCUT2D eigenvalue weighted by Crippen LogP contribution is 2.38. The maximum absolute atomic E-state index is 13.6. The van der Waals surface area contributed by atoms with E-state index < -0.39 is 0 Å². The van der Waals surface area contributed by atoms with Gasteiger partial charge in [-0.15, -0.1) is 0 Å². The van der Waals surface area contributed by atoms with E-state index in [2.05, 4.69) is 59.4 Å². The molecule has 4 aliphatic rings. The van der Waals surface area contributed by atoms with Crippen LogP contribution in [-0.2, 0) is 4.79 Å². The Morgan fingerprint density at radius 2 is 1.79 bits per heavy atom. The monoisotopic (exact) mass is 754 g/mol. The molecule has 2 N–H and O–H groups in total. The molecule has 4 aromatic heterocycles. The molecule has 0 spiro atoms. The van der Waals surface area contributed by atoms with Crippen molar-refractivity contribution in [3.05, 3.63) is 78.9 Å². The smallest absolute Gasteiger partial charge is 0.328 e. The number of imide groups is 1. The molecular formula is C42H46N10O4. The number of imidazole rings is 1. The molecule has 0 atom stereocenters. The van der Waals surface area contributed by atoms with Gasteiger partial charge in [-0.3, -0.25) is 24.5 Å². The van der Waals surface area contributed by atoms with Crippen LogP contribution in [0, 0.1) is 5.92 Å². The van der Waals surface area contributed by atoms with Gasteiger partial charge in [0.05, 0.1) is 40.6 Å². The van der Waals surface area contributed by atoms with Crippen LogP contribution in [-0.4, -0.2) is 84.0 Å². The van der Waals surface area contributed by atoms with Crippen LogP contribution in [0.5, 0.6) is 5.75 Å². The largest absolute Gasteiger partial charge is 0.490 e. The Balaban J connectivity index is 0.739. The van der Waals surface area contributed by atoms with Crippen molar-refractivity contribution in [1.29, 1.82) is 0 Å². The Morgan fingerprint density at radius 1 is 0.929 bits per heavy atom. The van der Waals surface area contributed by atoms with Crippen molar-refractivity contribution in [3.63, 3.8) is 0 Å². The van der Waals surface area contributed by atoms with Gasteiger partial charge in [0, 0.05) is 67.5 Å². The first-order valence-electron chi connectivity index (χ1n) is 20.2. The molecule has 56 heavy (non-hydrogen) atoms. The molecule has 2 aliphatic carbocycles. The first-order valence-corrected chi connectivity index (χ1v) is 20.2. The van der Waals surface area contributed by atoms with Gasteiger partial charge in [0.25, 0.3) is 5.91 Å². The molecule has 0 bridgehead atoms. The number of hydrogen-bond donors (Lipinski definition) is 2. The van der Waals surface area contributed by atoms with Crippen LogP contribution in [0.3, 0.4) is 0 Å². The zero-order chi connectivity index (χ0) is 37.8. The van der Waals surface area contributed by atoms with Crippen molar-refractivity contribution in [2.75, 3.05) is 36.4 Å². The molecule has 0 unspecified atom stereocenters. The normalized spacial score (nSPS) is 21.2. The molecule has 2 saturated heterocycles. The van der Waals surface area contributed by atoms with Gasteiger partial charge in [-0.1, -0.05) is 6.07 Å². The molecule has 0 radical (unpaired) electrons. The van der Waals surface area contributed by atoms with Crippen LogP contribution in [0.4, 0.5) is 16.3 Å². The number of aromatic nitrogens is 6. The second-order valence-electron chi connectivity index (χ2n) is 15.9. The van der Waals surface area contributed by atoms with Crippen molar-refractivity contribution in [2.45, 2.75) is 82.4 Å². The topological polar surface area (TPSA) is 144 Å². The Bertz CT molecular complexity index is 2450. The number of amides is 4. The number of likely N-dealkylation sites (tertiary alicyclic amines) is 1. The number of ether oxygens (including phenoxy) is 1. The van der Waals surface area contributed by atoms with Gasteiger partial charge in [-0.2, -0.15) is 14.7 Å². The lowest BCUT2D eigenvalue weighted by Gasteiger charge is -2.35. The number of benzene rings is 2. The van der Waals surface area contributed by atoms with Crippen LogP contribution in [0.25, 0.3) is 27.5 Å². The summed E-state index contributed by atoms with van der Waals surface area (Å²) in [5.74, 6) is 1.31. The standard InChI is InChI=1S/C42H46N10O4/c53-40-16-22-50(42(55)46-40)36-4-1-3-35-32(36)15-21-49(35)29-13-19-48(20-14-29)18-12-27-6-8-30(9-7-27)51-26-28-23-33(37(24-34(28)47-51)56-31-10-11-31)41(54)45-39-25-43-38-5-2-17-44-52(38)39/h1-5,15,17,21,23-27,29-31H,6-14,16,18-20,22H2,(H,45,54)(H,46,53,55). The maximum atomic E-state index is 13.6. The van der Waals surface area contributed by atoms with Gasteiger partial charge in [-0.05, 0) is 107 Å². The van der Waals surface area contributed by atoms with Crippen LogP contribution in [0.2, 0.25) is 0 Å². The minimum absolute atomic E-state index is 0.139. The van der Waals surface area contributed by atoms with E-state index in [4.69, 9.17) is 9.84 Å². The zero-order valence-electron chi connectivity index (χ0n) is 31.3. The SMILES string of the molecule is O=C1CCN(c2cccc3c2ccn3C2CCN(CCC3CCC(n4cc5cc(C(=O)Nc6cnc7cccnn67)c(OC6CC6)cc5n4)CC3)CC2)C(=O)N1. The Hall–Kier alpha value is -5.76. The number of nitrogens with one attached hydrogen (secondary N) is 2. The summed E-state index contributed by atoms with van der Waals surface area (Å²) in [7, 11) is 0.